The number of hydrogen-bond acceptors (Lipinski definition) is 21. The fourth-order valence-corrected chi connectivity index (χ4v) is 9.03. The van der Waals surface area contributed by atoms with E-state index in [0.29, 0.717) is 5.56 Å². The van der Waals surface area contributed by atoms with Crippen molar-refractivity contribution < 1.29 is 94.7 Å². The number of benzene rings is 1. The first-order valence-electron chi connectivity index (χ1n) is 17.4. The Balaban J connectivity index is 1.29. The predicted molar refractivity (Wildman–Crippen MR) is 197 cm³/mol. The average Bonchev–Trinajstić information content (AvgIpc) is 3.71. The topological polar surface area (TPSA) is 322 Å². The van der Waals surface area contributed by atoms with Crippen molar-refractivity contribution in [1.82, 2.24) is 19.5 Å². The largest absolute Gasteiger partial charge is 0.481 e. The third-order valence-corrected chi connectivity index (χ3v) is 11.8. The molecule has 0 aliphatic carbocycles. The van der Waals surface area contributed by atoms with Gasteiger partial charge in [0, 0.05) is 33.3 Å². The van der Waals surface area contributed by atoms with E-state index in [2.05, 4.69) is 25.0 Å². The zero-order chi connectivity index (χ0) is 44.1. The molecule has 3 aromatic rings. The minimum atomic E-state index is -5.77. The van der Waals surface area contributed by atoms with Crippen LogP contribution in [0.15, 0.2) is 43.0 Å². The number of imidazole rings is 1. The maximum absolute atomic E-state index is 15.5. The number of esters is 4. The number of carbonyl (C=O) groups is 5. The van der Waals surface area contributed by atoms with Crippen LogP contribution in [0.2, 0.25) is 0 Å². The number of nitrogens with zero attached hydrogens (tertiary/aromatic N) is 4. The number of aliphatic hydroxyl groups is 2. The summed E-state index contributed by atoms with van der Waals surface area (Å²) in [5.74, 6) is -4.72. The molecular formula is C32H38FN5O19P2S. The van der Waals surface area contributed by atoms with Crippen molar-refractivity contribution in [2.45, 2.75) is 89.1 Å². The van der Waals surface area contributed by atoms with Crippen LogP contribution in [0.5, 0.6) is 0 Å². The third-order valence-electron chi connectivity index (χ3n) is 8.32. The molecule has 2 aliphatic heterocycles. The molecule has 328 valence electrons. The molecule has 1 aromatic carbocycles. The minimum Gasteiger partial charge on any atom is -0.463 e. The van der Waals surface area contributed by atoms with Gasteiger partial charge in [-0.1, -0.05) is 18.2 Å². The van der Waals surface area contributed by atoms with Crippen molar-refractivity contribution >= 4 is 73.1 Å². The van der Waals surface area contributed by atoms with Gasteiger partial charge < -0.3 is 58.3 Å². The Bertz CT molecular complexity index is 2170. The molecule has 1 amide bonds. The molecule has 0 saturated carbocycles. The van der Waals surface area contributed by atoms with Crippen molar-refractivity contribution in [3.8, 4) is 0 Å². The van der Waals surface area contributed by atoms with Gasteiger partial charge in [0.1, 0.15) is 37.4 Å². The van der Waals surface area contributed by atoms with Gasteiger partial charge in [-0.25, -0.2) is 28.2 Å². The zero-order valence-electron chi connectivity index (χ0n) is 31.6. The van der Waals surface area contributed by atoms with Gasteiger partial charge in [0.05, 0.1) is 12.9 Å². The van der Waals surface area contributed by atoms with Crippen LogP contribution in [-0.2, 0) is 77.3 Å². The second-order valence-corrected chi connectivity index (χ2v) is 17.2. The van der Waals surface area contributed by atoms with Crippen LogP contribution in [-0.4, -0.2) is 138 Å². The van der Waals surface area contributed by atoms with Crippen molar-refractivity contribution in [3.63, 3.8) is 0 Å². The molecule has 24 nitrogen and oxygen atoms in total. The van der Waals surface area contributed by atoms with E-state index >= 15 is 4.39 Å². The summed E-state index contributed by atoms with van der Waals surface area (Å²) in [7, 11) is -5.77. The number of anilines is 1. The molecule has 0 spiro atoms. The number of aromatic nitrogens is 4. The van der Waals surface area contributed by atoms with Crippen molar-refractivity contribution in [2.24, 2.45) is 0 Å². The lowest BCUT2D eigenvalue weighted by molar-refractivity contribution is -0.296. The summed E-state index contributed by atoms with van der Waals surface area (Å²) in [6.07, 6.45) is -17.0. The maximum atomic E-state index is 15.5. The normalized spacial score (nSPS) is 27.8. The highest BCUT2D eigenvalue weighted by Crippen LogP contribution is 2.62. The highest BCUT2D eigenvalue weighted by molar-refractivity contribution is 8.08. The summed E-state index contributed by atoms with van der Waals surface area (Å²) in [5.41, 5.74) is 0.468. The van der Waals surface area contributed by atoms with Crippen molar-refractivity contribution in [3.05, 3.63) is 48.5 Å². The lowest BCUT2D eigenvalue weighted by atomic mass is 9.95. The summed E-state index contributed by atoms with van der Waals surface area (Å²) in [6.45, 7) is -3.26. The average molecular weight is 910 g/mol. The van der Waals surface area contributed by atoms with Gasteiger partial charge in [-0.15, -0.1) is 0 Å². The lowest BCUT2D eigenvalue weighted by Crippen LogP contribution is -2.64. The van der Waals surface area contributed by atoms with E-state index in [1.165, 1.54) is 10.9 Å². The number of halogens is 1. The van der Waals surface area contributed by atoms with Crippen LogP contribution in [0, 0.1) is 0 Å². The van der Waals surface area contributed by atoms with E-state index in [4.69, 9.17) is 48.8 Å². The van der Waals surface area contributed by atoms with E-state index in [0.717, 1.165) is 34.0 Å². The summed E-state index contributed by atoms with van der Waals surface area (Å²) in [6, 6.07) is 8.21. The number of ether oxygens (including phenoxy) is 6. The number of fused-ring (bicyclic) bond motifs is 1. The van der Waals surface area contributed by atoms with E-state index in [-0.39, 0.29) is 17.0 Å². The maximum Gasteiger partial charge on any atom is 0.481 e. The number of phosphoric acid groups is 1. The van der Waals surface area contributed by atoms with Crippen LogP contribution in [0.3, 0.4) is 0 Å². The van der Waals surface area contributed by atoms with Crippen LogP contribution >= 0.6 is 14.5 Å². The number of hydrogen-bond donors (Lipinski definition) is 5. The van der Waals surface area contributed by atoms with E-state index in [1.54, 1.807) is 30.3 Å². The molecule has 5 N–H and O–H groups in total. The standard InChI is InChI=1S/C32H38FN5O19P2S/c1-14(39)49-10-19(33)24-25(51-15(2)40)26(52-16(3)41)27(53-17(4)42)32(55-24)56-58(46,47)57-59(48,60)50-11-20-22(43)23(44)31(54-20)38-13-36-21-28(34-12-35-29(21)38)37-30(45)18-8-6-5-7-9-18/h5-9,12-13,19-20,22-27,31-32,43-44H,10-11H2,1-4H3,(H,46,47)(H,48,60)(H,34,35,37,45)/t19-,20+,22+,23+,24+,25+,26-,27-,31+,32-,59?/m0/s1. The molecule has 4 heterocycles. The Labute approximate surface area is 343 Å². The molecule has 0 bridgehead atoms. The Morgan fingerprint density at radius 2 is 1.53 bits per heavy atom. The Hall–Kier alpha value is -4.43. The van der Waals surface area contributed by atoms with Gasteiger partial charge in [-0.05, 0) is 23.9 Å². The van der Waals surface area contributed by atoms with Crippen LogP contribution in [0.1, 0.15) is 44.3 Å². The fraction of sp³-hybridized carbons (Fsp3) is 0.500. The predicted octanol–water partition coefficient (Wildman–Crippen LogP) is 0.486. The second kappa shape index (κ2) is 19.5. The summed E-state index contributed by atoms with van der Waals surface area (Å²) >= 11 is 4.87. The molecule has 28 heteroatoms. The minimum absolute atomic E-state index is 0.0141. The molecule has 2 fully saturated rings. The van der Waals surface area contributed by atoms with Gasteiger partial charge in [0.15, 0.2) is 47.7 Å². The quantitative estimate of drug-likeness (QED) is 0.0741. The number of carbonyl (C=O) groups excluding carboxylic acids is 5. The Kier molecular flexibility index (Phi) is 15.2. The van der Waals surface area contributed by atoms with Crippen LogP contribution in [0.4, 0.5) is 10.2 Å². The van der Waals surface area contributed by atoms with E-state index in [1.807, 2.05) is 0 Å². The second-order valence-electron chi connectivity index (χ2n) is 12.8. The first-order chi connectivity index (χ1) is 28.2. The van der Waals surface area contributed by atoms with Crippen molar-refractivity contribution in [2.75, 3.05) is 18.5 Å². The van der Waals surface area contributed by atoms with Crippen LogP contribution < -0.4 is 5.32 Å². The molecule has 2 aromatic heterocycles. The lowest BCUT2D eigenvalue weighted by Gasteiger charge is -2.44. The summed E-state index contributed by atoms with van der Waals surface area (Å²) in [5, 5.41) is 24.3. The third kappa shape index (κ3) is 11.7. The zero-order valence-corrected chi connectivity index (χ0v) is 34.2. The van der Waals surface area contributed by atoms with Crippen LogP contribution in [0.25, 0.3) is 11.2 Å². The fourth-order valence-electron chi connectivity index (χ4n) is 5.94. The monoisotopic (exact) mass is 909 g/mol. The number of rotatable bonds is 16. The Morgan fingerprint density at radius 1 is 0.900 bits per heavy atom. The molecule has 2 saturated heterocycles. The number of amides is 1. The summed E-state index contributed by atoms with van der Waals surface area (Å²) < 4.78 is 76.2. The molecule has 60 heavy (non-hydrogen) atoms. The first-order valence-corrected chi connectivity index (χ1v) is 21.4. The molecule has 2 unspecified atom stereocenters. The smallest absolute Gasteiger partial charge is 0.463 e. The molecule has 12 atom stereocenters. The number of aliphatic hydroxyl groups excluding tert-OH is 2. The molecular weight excluding hydrogens is 871 g/mol. The van der Waals surface area contributed by atoms with Gasteiger partial charge >= 0.3 is 38.4 Å². The van der Waals surface area contributed by atoms with E-state index < -0.39 is 119 Å². The van der Waals surface area contributed by atoms with Gasteiger partial charge in [-0.3, -0.25) is 33.1 Å². The van der Waals surface area contributed by atoms with Gasteiger partial charge in [0.25, 0.3) is 5.91 Å². The van der Waals surface area contributed by atoms with Gasteiger partial charge in [0.2, 0.25) is 6.29 Å². The highest BCUT2D eigenvalue weighted by Gasteiger charge is 2.57. The number of nitrogens with one attached hydrogen (secondary N) is 1. The summed E-state index contributed by atoms with van der Waals surface area (Å²) in [4.78, 5) is 94.2. The van der Waals surface area contributed by atoms with E-state index in [9.17, 15) is 48.5 Å². The van der Waals surface area contributed by atoms with Crippen molar-refractivity contribution in [1.29, 1.82) is 0 Å². The molecule has 2 aliphatic rings. The Morgan fingerprint density at radius 3 is 2.17 bits per heavy atom. The highest BCUT2D eigenvalue weighted by atomic mass is 32.5. The molecule has 0 radical (unpaired) electrons. The first kappa shape index (κ1) is 46.6. The SMILES string of the molecule is CC(=O)OC[C@H](F)[C@H]1O[C@@H](OP(=O)(O)OP(O)(=S)OC[C@H]2O[C@@H](n3cnc4c(NC(=O)c5ccccc5)ncnc43)[C@H](O)[C@@H]2O)[C@@H](OC(C)=O)[C@@H](OC(C)=O)[C@@H]1OC(C)=O. The number of phosphoric ester groups is 1. The van der Waals surface area contributed by atoms with Gasteiger partial charge in [-0.2, -0.15) is 0 Å². The molecule has 5 rings (SSSR count). The number of alkyl halides is 1.